The van der Waals surface area contributed by atoms with Crippen molar-refractivity contribution in [3.05, 3.63) is 29.8 Å². The van der Waals surface area contributed by atoms with Crippen LogP contribution in [0.1, 0.15) is 12.5 Å². The van der Waals surface area contributed by atoms with Gasteiger partial charge in [0.25, 0.3) is 5.91 Å². The van der Waals surface area contributed by atoms with Crippen LogP contribution in [0.4, 0.5) is 5.69 Å². The second kappa shape index (κ2) is 5.63. The van der Waals surface area contributed by atoms with Gasteiger partial charge in [-0.15, -0.1) is 0 Å². The summed E-state index contributed by atoms with van der Waals surface area (Å²) in [5.41, 5.74) is 7.39. The molecule has 1 aromatic carbocycles. The molecule has 0 bridgehead atoms. The molecular weight excluding hydrogens is 204 g/mol. The van der Waals surface area contributed by atoms with E-state index in [1.54, 1.807) is 18.9 Å². The van der Waals surface area contributed by atoms with Gasteiger partial charge in [-0.3, -0.25) is 4.79 Å². The third kappa shape index (κ3) is 2.81. The third-order valence-electron chi connectivity index (χ3n) is 2.57. The number of methoxy groups -OCH3 is 1. The van der Waals surface area contributed by atoms with E-state index in [1.807, 2.05) is 24.3 Å². The average molecular weight is 222 g/mol. The van der Waals surface area contributed by atoms with E-state index in [1.165, 1.54) is 7.11 Å². The van der Waals surface area contributed by atoms with Gasteiger partial charge >= 0.3 is 0 Å². The fourth-order valence-electron chi connectivity index (χ4n) is 1.39. The van der Waals surface area contributed by atoms with Gasteiger partial charge in [0, 0.05) is 26.4 Å². The second-order valence-corrected chi connectivity index (χ2v) is 3.65. The van der Waals surface area contributed by atoms with Crippen LogP contribution in [0, 0.1) is 0 Å². The summed E-state index contributed by atoms with van der Waals surface area (Å²) in [5, 5.41) is 0. The number of nitrogens with zero attached hydrogens (tertiary/aromatic N) is 1. The van der Waals surface area contributed by atoms with E-state index < -0.39 is 6.10 Å². The third-order valence-corrected chi connectivity index (χ3v) is 2.57. The van der Waals surface area contributed by atoms with E-state index in [0.29, 0.717) is 6.54 Å². The van der Waals surface area contributed by atoms with E-state index in [9.17, 15) is 4.79 Å². The lowest BCUT2D eigenvalue weighted by molar-refractivity contribution is -0.127. The highest BCUT2D eigenvalue weighted by molar-refractivity contribution is 5.95. The second-order valence-electron chi connectivity index (χ2n) is 3.65. The number of anilines is 1. The number of amides is 1. The number of hydrogen-bond acceptors (Lipinski definition) is 3. The molecular formula is C12H18N2O2. The molecule has 0 aliphatic rings. The van der Waals surface area contributed by atoms with E-state index >= 15 is 0 Å². The van der Waals surface area contributed by atoms with Crippen LogP contribution in [-0.4, -0.2) is 26.2 Å². The number of likely N-dealkylation sites (N-methyl/N-ethyl adjacent to an activating group) is 1. The molecule has 0 saturated carbocycles. The van der Waals surface area contributed by atoms with Gasteiger partial charge in [0.05, 0.1) is 0 Å². The molecule has 0 spiro atoms. The van der Waals surface area contributed by atoms with Crippen LogP contribution in [-0.2, 0) is 16.1 Å². The van der Waals surface area contributed by atoms with Gasteiger partial charge < -0.3 is 15.4 Å². The van der Waals surface area contributed by atoms with Crippen molar-refractivity contribution in [3.63, 3.8) is 0 Å². The van der Waals surface area contributed by atoms with Crippen LogP contribution in [0.15, 0.2) is 24.3 Å². The Morgan fingerprint density at radius 2 is 2.25 bits per heavy atom. The van der Waals surface area contributed by atoms with Gasteiger partial charge in [-0.05, 0) is 24.6 Å². The Bertz CT molecular complexity index is 366. The van der Waals surface area contributed by atoms with Crippen LogP contribution in [0.3, 0.4) is 0 Å². The Hall–Kier alpha value is -1.39. The molecule has 1 atom stereocenters. The van der Waals surface area contributed by atoms with Crippen molar-refractivity contribution in [3.8, 4) is 0 Å². The van der Waals surface area contributed by atoms with Gasteiger partial charge in [0.15, 0.2) is 0 Å². The molecule has 88 valence electrons. The van der Waals surface area contributed by atoms with Gasteiger partial charge in [-0.1, -0.05) is 12.1 Å². The molecule has 1 unspecified atom stereocenters. The molecule has 0 fully saturated rings. The minimum Gasteiger partial charge on any atom is -0.372 e. The molecule has 1 rings (SSSR count). The zero-order valence-electron chi connectivity index (χ0n) is 9.93. The molecule has 0 aliphatic carbocycles. The quantitative estimate of drug-likeness (QED) is 0.831. The van der Waals surface area contributed by atoms with E-state index in [2.05, 4.69) is 0 Å². The lowest BCUT2D eigenvalue weighted by Crippen LogP contribution is -2.35. The zero-order valence-corrected chi connectivity index (χ0v) is 9.93. The first kappa shape index (κ1) is 12.7. The summed E-state index contributed by atoms with van der Waals surface area (Å²) in [6.45, 7) is 2.20. The smallest absolute Gasteiger partial charge is 0.255 e. The molecule has 0 aromatic heterocycles. The molecule has 1 amide bonds. The summed E-state index contributed by atoms with van der Waals surface area (Å²) in [4.78, 5) is 13.4. The van der Waals surface area contributed by atoms with Crippen LogP contribution in [0.5, 0.6) is 0 Å². The number of hydrogen-bond donors (Lipinski definition) is 1. The summed E-state index contributed by atoms with van der Waals surface area (Å²) in [5.74, 6) is -0.0725. The lowest BCUT2D eigenvalue weighted by Gasteiger charge is -2.21. The fourth-order valence-corrected chi connectivity index (χ4v) is 1.39. The van der Waals surface area contributed by atoms with Crippen molar-refractivity contribution in [1.82, 2.24) is 0 Å². The van der Waals surface area contributed by atoms with Crippen LogP contribution >= 0.6 is 0 Å². The van der Waals surface area contributed by atoms with Crippen LogP contribution in [0.2, 0.25) is 0 Å². The maximum atomic E-state index is 11.8. The Morgan fingerprint density at radius 1 is 1.56 bits per heavy atom. The van der Waals surface area contributed by atoms with Gasteiger partial charge in [0.2, 0.25) is 0 Å². The SMILES string of the molecule is COC(C)C(=O)N(C)c1cccc(CN)c1. The van der Waals surface area contributed by atoms with E-state index in [4.69, 9.17) is 10.5 Å². The average Bonchev–Trinajstić information content (AvgIpc) is 2.36. The van der Waals surface area contributed by atoms with E-state index in [-0.39, 0.29) is 5.91 Å². The summed E-state index contributed by atoms with van der Waals surface area (Å²) in [6.07, 6.45) is -0.438. The highest BCUT2D eigenvalue weighted by atomic mass is 16.5. The highest BCUT2D eigenvalue weighted by Crippen LogP contribution is 2.15. The first-order valence-electron chi connectivity index (χ1n) is 5.19. The van der Waals surface area contributed by atoms with Gasteiger partial charge in [0.1, 0.15) is 6.10 Å². The summed E-state index contributed by atoms with van der Waals surface area (Å²) >= 11 is 0. The first-order chi connectivity index (χ1) is 7.60. The zero-order chi connectivity index (χ0) is 12.1. The molecule has 0 heterocycles. The molecule has 0 aliphatic heterocycles. The molecule has 4 heteroatoms. The van der Waals surface area contributed by atoms with Crippen molar-refractivity contribution in [2.75, 3.05) is 19.1 Å². The summed E-state index contributed by atoms with van der Waals surface area (Å²) in [7, 11) is 3.25. The number of rotatable bonds is 4. The predicted octanol–water partition coefficient (Wildman–Crippen LogP) is 1.14. The predicted molar refractivity (Wildman–Crippen MR) is 64.2 cm³/mol. The molecule has 4 nitrogen and oxygen atoms in total. The largest absolute Gasteiger partial charge is 0.372 e. The fraction of sp³-hybridized carbons (Fsp3) is 0.417. The summed E-state index contributed by atoms with van der Waals surface area (Å²) in [6, 6.07) is 7.60. The van der Waals surface area contributed by atoms with Crippen molar-refractivity contribution in [1.29, 1.82) is 0 Å². The Kier molecular flexibility index (Phi) is 4.46. The van der Waals surface area contributed by atoms with Gasteiger partial charge in [-0.2, -0.15) is 0 Å². The Balaban J connectivity index is 2.87. The van der Waals surface area contributed by atoms with Crippen LogP contribution < -0.4 is 10.6 Å². The maximum Gasteiger partial charge on any atom is 0.255 e. The summed E-state index contributed by atoms with van der Waals surface area (Å²) < 4.78 is 5.00. The van der Waals surface area contributed by atoms with Crippen molar-refractivity contribution >= 4 is 11.6 Å². The highest BCUT2D eigenvalue weighted by Gasteiger charge is 2.17. The number of benzene rings is 1. The number of nitrogens with two attached hydrogens (primary N) is 1. The molecule has 2 N–H and O–H groups in total. The molecule has 0 saturated heterocycles. The standard InChI is InChI=1S/C12H18N2O2/c1-9(16-3)12(15)14(2)11-6-4-5-10(7-11)8-13/h4-7,9H,8,13H2,1-3H3. The van der Waals surface area contributed by atoms with Crippen LogP contribution in [0.25, 0.3) is 0 Å². The minimum atomic E-state index is -0.438. The number of ether oxygens (including phenoxy) is 1. The topological polar surface area (TPSA) is 55.6 Å². The Labute approximate surface area is 96.0 Å². The Morgan fingerprint density at radius 3 is 2.81 bits per heavy atom. The maximum absolute atomic E-state index is 11.8. The number of carbonyl (C=O) groups is 1. The molecule has 0 radical (unpaired) electrons. The normalized spacial score (nSPS) is 12.2. The first-order valence-corrected chi connectivity index (χ1v) is 5.19. The van der Waals surface area contributed by atoms with Crippen molar-refractivity contribution in [2.45, 2.75) is 19.6 Å². The molecule has 1 aromatic rings. The monoisotopic (exact) mass is 222 g/mol. The lowest BCUT2D eigenvalue weighted by atomic mass is 10.2. The van der Waals surface area contributed by atoms with E-state index in [0.717, 1.165) is 11.3 Å². The molecule has 16 heavy (non-hydrogen) atoms. The number of carbonyl (C=O) groups excluding carboxylic acids is 1. The van der Waals surface area contributed by atoms with Gasteiger partial charge in [-0.25, -0.2) is 0 Å². The van der Waals surface area contributed by atoms with Crippen molar-refractivity contribution < 1.29 is 9.53 Å². The minimum absolute atomic E-state index is 0.0725. The van der Waals surface area contributed by atoms with Crippen molar-refractivity contribution in [2.24, 2.45) is 5.73 Å².